The normalized spacial score (nSPS) is 34.1. The van der Waals surface area contributed by atoms with Gasteiger partial charge in [-0.05, 0) is 59.8 Å². The van der Waals surface area contributed by atoms with E-state index in [1.165, 1.54) is 25.7 Å². The number of nitrogens with one attached hydrogen (secondary N) is 1. The summed E-state index contributed by atoms with van der Waals surface area (Å²) in [6, 6.07) is 1.13. The van der Waals surface area contributed by atoms with E-state index in [-0.39, 0.29) is 11.2 Å². The highest BCUT2D eigenvalue weighted by Crippen LogP contribution is 2.38. The van der Waals surface area contributed by atoms with Crippen molar-refractivity contribution in [2.45, 2.75) is 90.0 Å². The maximum absolute atomic E-state index is 6.15. The molecule has 2 fully saturated rings. The van der Waals surface area contributed by atoms with Crippen molar-refractivity contribution in [1.29, 1.82) is 0 Å². The van der Waals surface area contributed by atoms with E-state index in [1.807, 2.05) is 0 Å². The lowest BCUT2D eigenvalue weighted by Gasteiger charge is -2.32. The average Bonchev–Trinajstić information content (AvgIpc) is 2.72. The molecule has 1 N–H and O–H groups in total. The lowest BCUT2D eigenvalue weighted by Crippen LogP contribution is -2.49. The summed E-state index contributed by atoms with van der Waals surface area (Å²) in [6.45, 7) is 11.2. The molecule has 0 aromatic rings. The molecule has 0 aromatic carbocycles. The molecule has 2 nitrogen and oxygen atoms in total. The maximum Gasteiger partial charge on any atom is 0.0787 e. The lowest BCUT2D eigenvalue weighted by molar-refractivity contribution is -0.0707. The topological polar surface area (TPSA) is 21.3 Å². The Hall–Kier alpha value is -0.0800. The molecule has 0 amide bonds. The van der Waals surface area contributed by atoms with Gasteiger partial charge < -0.3 is 10.1 Å². The first-order valence-corrected chi connectivity index (χ1v) is 7.26. The summed E-state index contributed by atoms with van der Waals surface area (Å²) >= 11 is 0. The van der Waals surface area contributed by atoms with Crippen LogP contribution in [0.2, 0.25) is 0 Å². The van der Waals surface area contributed by atoms with Crippen LogP contribution < -0.4 is 5.32 Å². The summed E-state index contributed by atoms with van der Waals surface area (Å²) in [5.74, 6) is 0.884. The van der Waals surface area contributed by atoms with Crippen LogP contribution in [0.3, 0.4) is 0 Å². The molecular formula is C15H29NO. The van der Waals surface area contributed by atoms with E-state index in [2.05, 4.69) is 39.9 Å². The van der Waals surface area contributed by atoms with Crippen molar-refractivity contribution in [3.8, 4) is 0 Å². The summed E-state index contributed by atoms with van der Waals surface area (Å²) in [5.41, 5.74) is -0.00702. The molecule has 1 saturated carbocycles. The number of rotatable bonds is 3. The molecule has 1 aliphatic heterocycles. The fourth-order valence-corrected chi connectivity index (χ4v) is 3.73. The molecule has 1 heterocycles. The fraction of sp³-hybridized carbons (Fsp3) is 1.00. The van der Waals surface area contributed by atoms with E-state index in [9.17, 15) is 0 Å². The fourth-order valence-electron chi connectivity index (χ4n) is 3.73. The van der Waals surface area contributed by atoms with Gasteiger partial charge in [0.15, 0.2) is 0 Å². The second-order valence-electron chi connectivity index (χ2n) is 7.22. The SMILES string of the molecule is C[C@@H](NC1CC(C)(C)OC1(C)C)C1CCCC1. The van der Waals surface area contributed by atoms with E-state index >= 15 is 0 Å². The summed E-state index contributed by atoms with van der Waals surface area (Å²) in [4.78, 5) is 0. The van der Waals surface area contributed by atoms with E-state index in [1.54, 1.807) is 0 Å². The van der Waals surface area contributed by atoms with Crippen LogP contribution in [0, 0.1) is 5.92 Å². The van der Waals surface area contributed by atoms with Crippen molar-refractivity contribution in [1.82, 2.24) is 5.32 Å². The Morgan fingerprint density at radius 1 is 1.12 bits per heavy atom. The molecule has 2 aliphatic rings. The minimum absolute atomic E-state index is 0.0244. The zero-order chi connectivity index (χ0) is 12.7. The van der Waals surface area contributed by atoms with Crippen molar-refractivity contribution in [3.63, 3.8) is 0 Å². The molecule has 2 heteroatoms. The van der Waals surface area contributed by atoms with Crippen LogP contribution in [0.15, 0.2) is 0 Å². The molecule has 1 unspecified atom stereocenters. The largest absolute Gasteiger partial charge is 0.368 e. The van der Waals surface area contributed by atoms with Crippen molar-refractivity contribution in [2.24, 2.45) is 5.92 Å². The van der Waals surface area contributed by atoms with E-state index < -0.39 is 0 Å². The third kappa shape index (κ3) is 3.03. The Labute approximate surface area is 107 Å². The molecule has 2 rings (SSSR count). The Balaban J connectivity index is 1.94. The summed E-state index contributed by atoms with van der Waals surface area (Å²) in [6.07, 6.45) is 6.79. The van der Waals surface area contributed by atoms with E-state index in [0.29, 0.717) is 12.1 Å². The summed E-state index contributed by atoms with van der Waals surface area (Å²) in [5, 5.41) is 3.84. The number of hydrogen-bond donors (Lipinski definition) is 1. The maximum atomic E-state index is 6.15. The van der Waals surface area contributed by atoms with Gasteiger partial charge in [-0.3, -0.25) is 0 Å². The first-order chi connectivity index (χ1) is 7.80. The first-order valence-electron chi connectivity index (χ1n) is 7.26. The van der Waals surface area contributed by atoms with Crippen molar-refractivity contribution < 1.29 is 4.74 Å². The Morgan fingerprint density at radius 3 is 2.18 bits per heavy atom. The Morgan fingerprint density at radius 2 is 1.71 bits per heavy atom. The van der Waals surface area contributed by atoms with Crippen LogP contribution in [-0.4, -0.2) is 23.3 Å². The van der Waals surface area contributed by atoms with Crippen LogP contribution in [0.4, 0.5) is 0 Å². The summed E-state index contributed by atoms with van der Waals surface area (Å²) in [7, 11) is 0. The van der Waals surface area contributed by atoms with Crippen LogP contribution >= 0.6 is 0 Å². The zero-order valence-corrected chi connectivity index (χ0v) is 12.2. The van der Waals surface area contributed by atoms with Gasteiger partial charge in [-0.25, -0.2) is 0 Å². The van der Waals surface area contributed by atoms with E-state index in [4.69, 9.17) is 4.74 Å². The van der Waals surface area contributed by atoms with Crippen LogP contribution in [0.5, 0.6) is 0 Å². The first kappa shape index (κ1) is 13.4. The molecule has 2 atom stereocenters. The Bertz CT molecular complexity index is 266. The van der Waals surface area contributed by atoms with Gasteiger partial charge in [0.05, 0.1) is 11.2 Å². The number of ether oxygens (including phenoxy) is 1. The zero-order valence-electron chi connectivity index (χ0n) is 12.2. The minimum Gasteiger partial charge on any atom is -0.368 e. The van der Waals surface area contributed by atoms with Crippen molar-refractivity contribution in [3.05, 3.63) is 0 Å². The molecule has 1 aliphatic carbocycles. The number of hydrogen-bond acceptors (Lipinski definition) is 2. The van der Waals surface area contributed by atoms with Gasteiger partial charge in [-0.1, -0.05) is 12.8 Å². The predicted molar refractivity (Wildman–Crippen MR) is 72.2 cm³/mol. The van der Waals surface area contributed by atoms with Gasteiger partial charge in [0.2, 0.25) is 0 Å². The molecule has 0 aromatic heterocycles. The van der Waals surface area contributed by atoms with Gasteiger partial charge in [0, 0.05) is 12.1 Å². The van der Waals surface area contributed by atoms with Gasteiger partial charge in [-0.2, -0.15) is 0 Å². The molecule has 1 saturated heterocycles. The predicted octanol–water partition coefficient (Wildman–Crippen LogP) is 3.50. The van der Waals surface area contributed by atoms with Crippen LogP contribution in [-0.2, 0) is 4.74 Å². The monoisotopic (exact) mass is 239 g/mol. The molecule has 0 bridgehead atoms. The minimum atomic E-state index is -0.0314. The van der Waals surface area contributed by atoms with Gasteiger partial charge >= 0.3 is 0 Å². The second kappa shape index (κ2) is 4.55. The van der Waals surface area contributed by atoms with Crippen molar-refractivity contribution >= 4 is 0 Å². The average molecular weight is 239 g/mol. The Kier molecular flexibility index (Phi) is 3.57. The van der Waals surface area contributed by atoms with E-state index in [0.717, 1.165) is 12.3 Å². The van der Waals surface area contributed by atoms with Crippen LogP contribution in [0.25, 0.3) is 0 Å². The summed E-state index contributed by atoms with van der Waals surface area (Å²) < 4.78 is 6.15. The highest BCUT2D eigenvalue weighted by molar-refractivity contribution is 5.00. The second-order valence-corrected chi connectivity index (χ2v) is 7.22. The molecule has 0 spiro atoms. The molecule has 100 valence electrons. The highest BCUT2D eigenvalue weighted by Gasteiger charge is 2.46. The van der Waals surface area contributed by atoms with Crippen LogP contribution in [0.1, 0.15) is 66.7 Å². The third-order valence-electron chi connectivity index (χ3n) is 4.65. The van der Waals surface area contributed by atoms with Gasteiger partial charge in [0.25, 0.3) is 0 Å². The molecule has 0 radical (unpaired) electrons. The quantitative estimate of drug-likeness (QED) is 0.814. The standard InChI is InChI=1S/C15H29NO/c1-11(12-8-6-7-9-12)16-13-10-14(2,3)17-15(13,4)5/h11-13,16H,6-10H2,1-5H3/t11-,13?/m1/s1. The van der Waals surface area contributed by atoms with Gasteiger partial charge in [0.1, 0.15) is 0 Å². The van der Waals surface area contributed by atoms with Crippen molar-refractivity contribution in [2.75, 3.05) is 0 Å². The lowest BCUT2D eigenvalue weighted by atomic mass is 9.91. The third-order valence-corrected chi connectivity index (χ3v) is 4.65. The highest BCUT2D eigenvalue weighted by atomic mass is 16.5. The van der Waals surface area contributed by atoms with Gasteiger partial charge in [-0.15, -0.1) is 0 Å². The molecule has 17 heavy (non-hydrogen) atoms. The molecular weight excluding hydrogens is 210 g/mol. The smallest absolute Gasteiger partial charge is 0.0787 e.